The van der Waals surface area contributed by atoms with Gasteiger partial charge in [0.2, 0.25) is 11.8 Å². The lowest BCUT2D eigenvalue weighted by Gasteiger charge is -2.37. The van der Waals surface area contributed by atoms with E-state index >= 15 is 0 Å². The van der Waals surface area contributed by atoms with E-state index in [9.17, 15) is 14.7 Å². The molecule has 0 spiro atoms. The van der Waals surface area contributed by atoms with E-state index in [2.05, 4.69) is 15.1 Å². The molecule has 0 saturated carbocycles. The summed E-state index contributed by atoms with van der Waals surface area (Å²) in [5.74, 6) is 0.427. The summed E-state index contributed by atoms with van der Waals surface area (Å²) in [6.45, 7) is 5.10. The maximum atomic E-state index is 12.8. The molecule has 2 aromatic rings. The first-order chi connectivity index (χ1) is 15.1. The third-order valence-electron chi connectivity index (χ3n) is 6.21. The van der Waals surface area contributed by atoms with Crippen LogP contribution in [0.15, 0.2) is 54.6 Å². The van der Waals surface area contributed by atoms with Crippen LogP contribution in [0.4, 0.5) is 11.4 Å². The van der Waals surface area contributed by atoms with Crippen molar-refractivity contribution in [1.82, 2.24) is 9.80 Å². The van der Waals surface area contributed by atoms with Crippen LogP contribution in [0.3, 0.4) is 0 Å². The number of phenols is 1. The molecule has 2 saturated heterocycles. The van der Waals surface area contributed by atoms with Crippen molar-refractivity contribution in [3.05, 3.63) is 54.6 Å². The van der Waals surface area contributed by atoms with E-state index in [1.54, 1.807) is 12.1 Å². The van der Waals surface area contributed by atoms with Crippen LogP contribution < -0.4 is 10.2 Å². The largest absolute Gasteiger partial charge is 0.508 e. The van der Waals surface area contributed by atoms with Gasteiger partial charge in [-0.3, -0.25) is 14.5 Å². The highest BCUT2D eigenvalue weighted by molar-refractivity contribution is 5.92. The molecule has 2 aromatic carbocycles. The van der Waals surface area contributed by atoms with Crippen LogP contribution in [0, 0.1) is 5.92 Å². The van der Waals surface area contributed by atoms with Gasteiger partial charge in [0, 0.05) is 56.6 Å². The Hall–Kier alpha value is -3.06. The summed E-state index contributed by atoms with van der Waals surface area (Å²) in [4.78, 5) is 31.6. The van der Waals surface area contributed by atoms with E-state index in [4.69, 9.17) is 0 Å². The molecule has 2 aliphatic heterocycles. The summed E-state index contributed by atoms with van der Waals surface area (Å²) in [5.41, 5.74) is 1.91. The molecule has 4 rings (SSSR count). The molecule has 164 valence electrons. The lowest BCUT2D eigenvalue weighted by molar-refractivity contribution is -0.135. The minimum atomic E-state index is -0.0434. The zero-order chi connectivity index (χ0) is 21.6. The second kappa shape index (κ2) is 9.83. The maximum absolute atomic E-state index is 12.8. The van der Waals surface area contributed by atoms with Crippen LogP contribution in [-0.4, -0.2) is 72.5 Å². The lowest BCUT2D eigenvalue weighted by Crippen LogP contribution is -2.51. The zero-order valence-electron chi connectivity index (χ0n) is 17.7. The van der Waals surface area contributed by atoms with Gasteiger partial charge >= 0.3 is 0 Å². The zero-order valence-corrected chi connectivity index (χ0v) is 17.7. The first-order valence-corrected chi connectivity index (χ1v) is 11.0. The predicted molar refractivity (Wildman–Crippen MR) is 121 cm³/mol. The molecule has 0 radical (unpaired) electrons. The van der Waals surface area contributed by atoms with Gasteiger partial charge in [0.15, 0.2) is 0 Å². The number of phenolic OH excluding ortho intramolecular Hbond substituents is 1. The Kier molecular flexibility index (Phi) is 6.72. The number of hydrogen-bond acceptors (Lipinski definition) is 5. The lowest BCUT2D eigenvalue weighted by atomic mass is 9.95. The fraction of sp³-hybridized carbons (Fsp3) is 0.417. The van der Waals surface area contributed by atoms with Gasteiger partial charge in [-0.25, -0.2) is 0 Å². The molecule has 0 aromatic heterocycles. The normalized spacial score (nSPS) is 18.1. The quantitative estimate of drug-likeness (QED) is 0.774. The van der Waals surface area contributed by atoms with Crippen molar-refractivity contribution in [2.75, 3.05) is 56.0 Å². The number of piperidine rings is 1. The molecule has 7 heteroatoms. The minimum absolute atomic E-state index is 0.0434. The Balaban J connectivity index is 1.19. The average molecular weight is 423 g/mol. The number of amides is 2. The summed E-state index contributed by atoms with van der Waals surface area (Å²) in [6.07, 6.45) is 1.41. The Bertz CT molecular complexity index is 871. The molecule has 2 N–H and O–H groups in total. The van der Waals surface area contributed by atoms with Crippen LogP contribution in [0.5, 0.6) is 5.75 Å². The van der Waals surface area contributed by atoms with Crippen LogP contribution in [-0.2, 0) is 9.59 Å². The first kappa shape index (κ1) is 21.2. The number of hydrogen-bond donors (Lipinski definition) is 2. The van der Waals surface area contributed by atoms with Gasteiger partial charge in [0.05, 0.1) is 6.54 Å². The van der Waals surface area contributed by atoms with Gasteiger partial charge in [-0.05, 0) is 49.2 Å². The van der Waals surface area contributed by atoms with Crippen molar-refractivity contribution >= 4 is 23.2 Å². The van der Waals surface area contributed by atoms with E-state index in [1.807, 2.05) is 47.4 Å². The van der Waals surface area contributed by atoms with Gasteiger partial charge in [-0.2, -0.15) is 0 Å². The number of para-hydroxylation sites is 1. The SMILES string of the molecule is O=C(Nc1ccccc1)C1CCN(C(=O)CN2CCN(c3ccc(O)cc3)CC2)CC1. The fourth-order valence-electron chi connectivity index (χ4n) is 4.28. The van der Waals surface area contributed by atoms with E-state index in [1.165, 1.54) is 0 Å². The highest BCUT2D eigenvalue weighted by Crippen LogP contribution is 2.21. The predicted octanol–water partition coefficient (Wildman–Crippen LogP) is 2.39. The maximum Gasteiger partial charge on any atom is 0.236 e. The monoisotopic (exact) mass is 422 g/mol. The van der Waals surface area contributed by atoms with Crippen LogP contribution >= 0.6 is 0 Å². The molecule has 0 aliphatic carbocycles. The first-order valence-electron chi connectivity index (χ1n) is 11.0. The van der Waals surface area contributed by atoms with Crippen LogP contribution in [0.25, 0.3) is 0 Å². The number of carbonyl (C=O) groups excluding carboxylic acids is 2. The minimum Gasteiger partial charge on any atom is -0.508 e. The number of carbonyl (C=O) groups is 2. The molecule has 2 aliphatic rings. The molecule has 7 nitrogen and oxygen atoms in total. The Morgan fingerprint density at radius 3 is 2.16 bits per heavy atom. The second-order valence-corrected chi connectivity index (χ2v) is 8.29. The van der Waals surface area contributed by atoms with E-state index in [0.717, 1.165) is 37.6 Å². The number of rotatable bonds is 5. The van der Waals surface area contributed by atoms with Gasteiger partial charge in [0.1, 0.15) is 5.75 Å². The summed E-state index contributed by atoms with van der Waals surface area (Å²) in [7, 11) is 0. The number of aromatic hydroxyl groups is 1. The van der Waals surface area contributed by atoms with Gasteiger partial charge in [-0.1, -0.05) is 18.2 Å². The Morgan fingerprint density at radius 1 is 0.871 bits per heavy atom. The standard InChI is InChI=1S/C24H30N4O3/c29-22-8-6-21(7-9-22)27-16-14-26(15-17-27)18-23(30)28-12-10-19(11-13-28)24(31)25-20-4-2-1-3-5-20/h1-9,19,29H,10-18H2,(H,25,31). The van der Waals surface area contributed by atoms with Crippen molar-refractivity contribution in [1.29, 1.82) is 0 Å². The Labute approximate surface area is 183 Å². The topological polar surface area (TPSA) is 76.1 Å². The average Bonchev–Trinajstić information content (AvgIpc) is 2.81. The fourth-order valence-corrected chi connectivity index (χ4v) is 4.28. The van der Waals surface area contributed by atoms with Crippen molar-refractivity contribution in [2.24, 2.45) is 5.92 Å². The summed E-state index contributed by atoms with van der Waals surface area (Å²) in [6, 6.07) is 16.8. The van der Waals surface area contributed by atoms with E-state index < -0.39 is 0 Å². The number of benzene rings is 2. The Morgan fingerprint density at radius 2 is 1.52 bits per heavy atom. The van der Waals surface area contributed by atoms with Crippen molar-refractivity contribution in [3.63, 3.8) is 0 Å². The highest BCUT2D eigenvalue weighted by atomic mass is 16.3. The molecule has 2 heterocycles. The number of nitrogens with one attached hydrogen (secondary N) is 1. The molecule has 2 fully saturated rings. The van der Waals surface area contributed by atoms with Gasteiger partial charge < -0.3 is 20.2 Å². The highest BCUT2D eigenvalue weighted by Gasteiger charge is 2.28. The van der Waals surface area contributed by atoms with Gasteiger partial charge in [0.25, 0.3) is 0 Å². The van der Waals surface area contributed by atoms with E-state index in [0.29, 0.717) is 32.5 Å². The third kappa shape index (κ3) is 5.55. The van der Waals surface area contributed by atoms with Crippen molar-refractivity contribution < 1.29 is 14.7 Å². The molecular weight excluding hydrogens is 392 g/mol. The van der Waals surface area contributed by atoms with Crippen LogP contribution in [0.1, 0.15) is 12.8 Å². The van der Waals surface area contributed by atoms with Crippen molar-refractivity contribution in [2.45, 2.75) is 12.8 Å². The second-order valence-electron chi connectivity index (χ2n) is 8.29. The third-order valence-corrected chi connectivity index (χ3v) is 6.21. The summed E-state index contributed by atoms with van der Waals surface area (Å²) >= 11 is 0. The molecule has 0 bridgehead atoms. The number of piperazine rings is 1. The summed E-state index contributed by atoms with van der Waals surface area (Å²) < 4.78 is 0. The number of nitrogens with zero attached hydrogens (tertiary/aromatic N) is 3. The molecule has 0 unspecified atom stereocenters. The van der Waals surface area contributed by atoms with E-state index in [-0.39, 0.29) is 23.5 Å². The molecule has 2 amide bonds. The number of anilines is 2. The smallest absolute Gasteiger partial charge is 0.236 e. The number of likely N-dealkylation sites (tertiary alicyclic amines) is 1. The van der Waals surface area contributed by atoms with Gasteiger partial charge in [-0.15, -0.1) is 0 Å². The molecule has 31 heavy (non-hydrogen) atoms. The molecular formula is C24H30N4O3. The van der Waals surface area contributed by atoms with Crippen molar-refractivity contribution in [3.8, 4) is 5.75 Å². The van der Waals surface area contributed by atoms with Crippen LogP contribution in [0.2, 0.25) is 0 Å². The molecule has 0 atom stereocenters. The summed E-state index contributed by atoms with van der Waals surface area (Å²) in [5, 5.41) is 12.4.